The standard InChI is InChI=1S/C18H20N6O/c1-3-13-6-4-5-7-16(13)20-17(25)12-19-15-10-8-14(9-11-15)18-21-22-23-24(18)2/h4-11,19H,3,12H2,1-2H3,(H,20,25). The Morgan fingerprint density at radius 3 is 2.56 bits per heavy atom. The van der Waals surface area contributed by atoms with Gasteiger partial charge in [0.2, 0.25) is 5.91 Å². The van der Waals surface area contributed by atoms with Crippen LogP contribution < -0.4 is 10.6 Å². The lowest BCUT2D eigenvalue weighted by Gasteiger charge is -2.11. The van der Waals surface area contributed by atoms with Gasteiger partial charge in [-0.05, 0) is 52.7 Å². The molecule has 0 aliphatic heterocycles. The first-order valence-corrected chi connectivity index (χ1v) is 8.12. The van der Waals surface area contributed by atoms with Gasteiger partial charge in [-0.25, -0.2) is 4.68 Å². The number of carbonyl (C=O) groups excluding carboxylic acids is 1. The van der Waals surface area contributed by atoms with Crippen LogP contribution in [-0.4, -0.2) is 32.7 Å². The SMILES string of the molecule is CCc1ccccc1NC(=O)CNc1ccc(-c2nnnn2C)cc1. The first kappa shape index (κ1) is 16.6. The maximum absolute atomic E-state index is 12.1. The molecule has 0 radical (unpaired) electrons. The molecule has 0 saturated heterocycles. The molecule has 25 heavy (non-hydrogen) atoms. The molecule has 3 rings (SSSR count). The molecule has 7 heteroatoms. The molecule has 1 heterocycles. The van der Waals surface area contributed by atoms with Gasteiger partial charge in [0.1, 0.15) is 0 Å². The van der Waals surface area contributed by atoms with E-state index >= 15 is 0 Å². The van der Waals surface area contributed by atoms with Crippen molar-refractivity contribution in [3.05, 3.63) is 54.1 Å². The van der Waals surface area contributed by atoms with Gasteiger partial charge in [-0.3, -0.25) is 4.79 Å². The minimum Gasteiger partial charge on any atom is -0.376 e. The van der Waals surface area contributed by atoms with Crippen LogP contribution in [-0.2, 0) is 18.3 Å². The summed E-state index contributed by atoms with van der Waals surface area (Å²) in [4.78, 5) is 12.1. The number of amides is 1. The van der Waals surface area contributed by atoms with Crippen molar-refractivity contribution in [2.75, 3.05) is 17.2 Å². The van der Waals surface area contributed by atoms with Crippen LogP contribution in [0.25, 0.3) is 11.4 Å². The third-order valence-corrected chi connectivity index (χ3v) is 3.89. The van der Waals surface area contributed by atoms with E-state index in [-0.39, 0.29) is 12.5 Å². The number of nitrogens with zero attached hydrogens (tertiary/aromatic N) is 4. The van der Waals surface area contributed by atoms with E-state index in [1.165, 1.54) is 0 Å². The van der Waals surface area contributed by atoms with Crippen molar-refractivity contribution in [2.45, 2.75) is 13.3 Å². The number of carbonyl (C=O) groups is 1. The molecule has 0 unspecified atom stereocenters. The number of hydrogen-bond donors (Lipinski definition) is 2. The van der Waals surface area contributed by atoms with Crippen LogP contribution >= 0.6 is 0 Å². The maximum Gasteiger partial charge on any atom is 0.243 e. The Balaban J connectivity index is 1.58. The molecule has 128 valence electrons. The van der Waals surface area contributed by atoms with Gasteiger partial charge in [-0.15, -0.1) is 5.10 Å². The van der Waals surface area contributed by atoms with E-state index < -0.39 is 0 Å². The molecule has 1 amide bonds. The van der Waals surface area contributed by atoms with Gasteiger partial charge in [0.15, 0.2) is 5.82 Å². The Morgan fingerprint density at radius 2 is 1.88 bits per heavy atom. The van der Waals surface area contributed by atoms with Gasteiger partial charge in [-0.1, -0.05) is 25.1 Å². The summed E-state index contributed by atoms with van der Waals surface area (Å²) in [6.07, 6.45) is 0.877. The topological polar surface area (TPSA) is 84.7 Å². The lowest BCUT2D eigenvalue weighted by atomic mass is 10.1. The molecule has 0 saturated carbocycles. The van der Waals surface area contributed by atoms with Crippen LogP contribution in [0.1, 0.15) is 12.5 Å². The molecule has 2 N–H and O–H groups in total. The molecule has 0 aliphatic carbocycles. The molecule has 7 nitrogen and oxygen atoms in total. The predicted molar refractivity (Wildman–Crippen MR) is 97.2 cm³/mol. The number of rotatable bonds is 6. The predicted octanol–water partition coefficient (Wildman–Crippen LogP) is 2.49. The van der Waals surface area contributed by atoms with Crippen molar-refractivity contribution in [1.82, 2.24) is 20.2 Å². The molecule has 2 aromatic carbocycles. The Labute approximate surface area is 146 Å². The highest BCUT2D eigenvalue weighted by Crippen LogP contribution is 2.18. The number of para-hydroxylation sites is 1. The third-order valence-electron chi connectivity index (χ3n) is 3.89. The summed E-state index contributed by atoms with van der Waals surface area (Å²) in [6, 6.07) is 15.5. The van der Waals surface area contributed by atoms with E-state index in [1.54, 1.807) is 11.7 Å². The highest BCUT2D eigenvalue weighted by Gasteiger charge is 2.07. The molecule has 0 bridgehead atoms. The van der Waals surface area contributed by atoms with Crippen molar-refractivity contribution in [3.8, 4) is 11.4 Å². The van der Waals surface area contributed by atoms with E-state index in [0.717, 1.165) is 28.9 Å². The molecular formula is C18H20N6O. The monoisotopic (exact) mass is 336 g/mol. The lowest BCUT2D eigenvalue weighted by Crippen LogP contribution is -2.22. The number of hydrogen-bond acceptors (Lipinski definition) is 5. The number of aromatic nitrogens is 4. The number of benzene rings is 2. The van der Waals surface area contributed by atoms with Gasteiger partial charge in [0, 0.05) is 24.0 Å². The second-order valence-electron chi connectivity index (χ2n) is 5.62. The number of anilines is 2. The Hall–Kier alpha value is -3.22. The van der Waals surface area contributed by atoms with Gasteiger partial charge in [0.25, 0.3) is 0 Å². The zero-order chi connectivity index (χ0) is 17.6. The van der Waals surface area contributed by atoms with Crippen molar-refractivity contribution < 1.29 is 4.79 Å². The van der Waals surface area contributed by atoms with Crippen LogP contribution in [0.15, 0.2) is 48.5 Å². The number of nitrogens with one attached hydrogen (secondary N) is 2. The molecule has 0 fully saturated rings. The second-order valence-corrected chi connectivity index (χ2v) is 5.62. The van der Waals surface area contributed by atoms with Crippen LogP contribution in [0.3, 0.4) is 0 Å². The van der Waals surface area contributed by atoms with E-state index in [2.05, 4.69) is 33.1 Å². The van der Waals surface area contributed by atoms with Crippen molar-refractivity contribution in [1.29, 1.82) is 0 Å². The first-order valence-electron chi connectivity index (χ1n) is 8.12. The van der Waals surface area contributed by atoms with Crippen molar-refractivity contribution >= 4 is 17.3 Å². The molecule has 0 aliphatic rings. The van der Waals surface area contributed by atoms with Gasteiger partial charge in [-0.2, -0.15) is 0 Å². The molecule has 0 atom stereocenters. The highest BCUT2D eigenvalue weighted by atomic mass is 16.1. The number of aryl methyl sites for hydroxylation is 2. The largest absolute Gasteiger partial charge is 0.376 e. The molecule has 3 aromatic rings. The van der Waals surface area contributed by atoms with Gasteiger partial charge >= 0.3 is 0 Å². The summed E-state index contributed by atoms with van der Waals surface area (Å²) in [5, 5.41) is 17.5. The average molecular weight is 336 g/mol. The Morgan fingerprint density at radius 1 is 1.12 bits per heavy atom. The average Bonchev–Trinajstić information content (AvgIpc) is 3.07. The summed E-state index contributed by atoms with van der Waals surface area (Å²) in [7, 11) is 1.79. The van der Waals surface area contributed by atoms with Crippen LogP contribution in [0, 0.1) is 0 Å². The zero-order valence-corrected chi connectivity index (χ0v) is 14.2. The smallest absolute Gasteiger partial charge is 0.243 e. The van der Waals surface area contributed by atoms with E-state index in [1.807, 2.05) is 48.5 Å². The Kier molecular flexibility index (Phi) is 5.03. The van der Waals surface area contributed by atoms with Crippen molar-refractivity contribution in [3.63, 3.8) is 0 Å². The minimum absolute atomic E-state index is 0.0810. The van der Waals surface area contributed by atoms with Crippen LogP contribution in [0.4, 0.5) is 11.4 Å². The van der Waals surface area contributed by atoms with Gasteiger partial charge < -0.3 is 10.6 Å². The normalized spacial score (nSPS) is 10.5. The second kappa shape index (κ2) is 7.57. The third kappa shape index (κ3) is 4.00. The zero-order valence-electron chi connectivity index (χ0n) is 14.2. The quantitative estimate of drug-likeness (QED) is 0.722. The summed E-state index contributed by atoms with van der Waals surface area (Å²) >= 11 is 0. The fraction of sp³-hybridized carbons (Fsp3) is 0.222. The fourth-order valence-electron chi connectivity index (χ4n) is 2.54. The Bertz CT molecular complexity index is 856. The lowest BCUT2D eigenvalue weighted by molar-refractivity contribution is -0.114. The van der Waals surface area contributed by atoms with Gasteiger partial charge in [0.05, 0.1) is 6.54 Å². The number of tetrazole rings is 1. The summed E-state index contributed by atoms with van der Waals surface area (Å²) in [5.41, 5.74) is 3.76. The summed E-state index contributed by atoms with van der Waals surface area (Å²) < 4.78 is 1.61. The van der Waals surface area contributed by atoms with Crippen LogP contribution in [0.2, 0.25) is 0 Å². The molecule has 1 aromatic heterocycles. The summed E-state index contributed by atoms with van der Waals surface area (Å²) in [6.45, 7) is 2.26. The highest BCUT2D eigenvalue weighted by molar-refractivity contribution is 5.94. The maximum atomic E-state index is 12.1. The van der Waals surface area contributed by atoms with E-state index in [0.29, 0.717) is 5.82 Å². The first-order chi connectivity index (χ1) is 12.2. The van der Waals surface area contributed by atoms with E-state index in [4.69, 9.17) is 0 Å². The van der Waals surface area contributed by atoms with Crippen molar-refractivity contribution in [2.24, 2.45) is 7.05 Å². The summed E-state index contributed by atoms with van der Waals surface area (Å²) in [5.74, 6) is 0.614. The molecule has 0 spiro atoms. The van der Waals surface area contributed by atoms with E-state index in [9.17, 15) is 4.79 Å². The van der Waals surface area contributed by atoms with Crippen LogP contribution in [0.5, 0.6) is 0 Å². The minimum atomic E-state index is -0.0810. The molecular weight excluding hydrogens is 316 g/mol. The fourth-order valence-corrected chi connectivity index (χ4v) is 2.54.